The minimum absolute atomic E-state index is 0.0417. The summed E-state index contributed by atoms with van der Waals surface area (Å²) in [7, 11) is 0.150. The maximum atomic E-state index is 12.3. The minimum Gasteiger partial charge on any atom is -0.392 e. The average Bonchev–Trinajstić information content (AvgIpc) is 2.57. The van der Waals surface area contributed by atoms with Crippen LogP contribution in [-0.2, 0) is 10.0 Å². The maximum absolute atomic E-state index is 12.3. The first-order valence-corrected chi connectivity index (χ1v) is 7.70. The summed E-state index contributed by atoms with van der Waals surface area (Å²) < 4.78 is 26.0. The van der Waals surface area contributed by atoms with Crippen molar-refractivity contribution in [3.8, 4) is 0 Å². The molecular formula is C10H21N3O3S2. The fraction of sp³-hybridized carbons (Fsp3) is 0.900. The lowest BCUT2D eigenvalue weighted by Crippen LogP contribution is -2.48. The molecule has 0 aliphatic carbocycles. The molecule has 18 heavy (non-hydrogen) atoms. The Morgan fingerprint density at radius 1 is 1.61 bits per heavy atom. The Morgan fingerprint density at radius 2 is 2.17 bits per heavy atom. The van der Waals surface area contributed by atoms with Gasteiger partial charge in [0.25, 0.3) is 0 Å². The molecule has 6 nitrogen and oxygen atoms in total. The third-order valence-electron chi connectivity index (χ3n) is 3.09. The van der Waals surface area contributed by atoms with Crippen LogP contribution in [0, 0.1) is 0 Å². The van der Waals surface area contributed by atoms with E-state index in [1.807, 2.05) is 19.0 Å². The predicted molar refractivity (Wildman–Crippen MR) is 74.8 cm³/mol. The molecule has 1 aliphatic rings. The van der Waals surface area contributed by atoms with E-state index >= 15 is 0 Å². The first-order valence-electron chi connectivity index (χ1n) is 5.79. The smallest absolute Gasteiger partial charge is 0.223 e. The molecule has 0 aromatic carbocycles. The van der Waals surface area contributed by atoms with Crippen LogP contribution in [0.25, 0.3) is 0 Å². The summed E-state index contributed by atoms with van der Waals surface area (Å²) in [4.78, 5) is 1.86. The number of hydrogen-bond donors (Lipinski definition) is 2. The van der Waals surface area contributed by atoms with Gasteiger partial charge in [0.05, 0.1) is 11.1 Å². The summed E-state index contributed by atoms with van der Waals surface area (Å²) >= 11 is 4.76. The largest absolute Gasteiger partial charge is 0.392 e. The van der Waals surface area contributed by atoms with Crippen molar-refractivity contribution in [2.45, 2.75) is 30.7 Å². The Labute approximate surface area is 114 Å². The normalized spacial score (nSPS) is 27.6. The summed E-state index contributed by atoms with van der Waals surface area (Å²) in [5.74, 6) is 0. The van der Waals surface area contributed by atoms with Crippen LogP contribution in [0.5, 0.6) is 0 Å². The molecule has 0 radical (unpaired) electrons. The molecule has 1 heterocycles. The van der Waals surface area contributed by atoms with Gasteiger partial charge in [0, 0.05) is 19.1 Å². The molecule has 0 aromatic rings. The molecule has 1 aliphatic heterocycles. The standard InChI is InChI=1S/C10H21N3O3S2/c1-7(10(11)17)18(15,16)13-6-9(14)4-8(13)5-12(2)3/h7-9,14H,4-6H2,1-3H3,(H2,11,17). The predicted octanol–water partition coefficient (Wildman–Crippen LogP) is -1.01. The molecule has 0 saturated carbocycles. The quantitative estimate of drug-likeness (QED) is 0.632. The monoisotopic (exact) mass is 295 g/mol. The van der Waals surface area contributed by atoms with Crippen molar-refractivity contribution in [1.29, 1.82) is 0 Å². The Kier molecular flexibility index (Phi) is 5.07. The van der Waals surface area contributed by atoms with E-state index in [1.54, 1.807) is 0 Å². The van der Waals surface area contributed by atoms with Crippen molar-refractivity contribution in [2.24, 2.45) is 5.73 Å². The van der Waals surface area contributed by atoms with Gasteiger partial charge >= 0.3 is 0 Å². The number of aliphatic hydroxyl groups is 1. The first kappa shape index (κ1) is 15.8. The van der Waals surface area contributed by atoms with Gasteiger partial charge in [-0.05, 0) is 27.4 Å². The Balaban J connectivity index is 2.95. The Bertz CT molecular complexity index is 411. The van der Waals surface area contributed by atoms with Crippen LogP contribution < -0.4 is 5.73 Å². The lowest BCUT2D eigenvalue weighted by molar-refractivity contribution is 0.188. The molecule has 106 valence electrons. The molecule has 3 N–H and O–H groups in total. The maximum Gasteiger partial charge on any atom is 0.223 e. The second kappa shape index (κ2) is 5.79. The zero-order chi connectivity index (χ0) is 14.1. The molecule has 0 bridgehead atoms. The van der Waals surface area contributed by atoms with Crippen molar-refractivity contribution in [3.63, 3.8) is 0 Å². The number of rotatable bonds is 5. The van der Waals surface area contributed by atoms with Gasteiger partial charge in [0.15, 0.2) is 0 Å². The van der Waals surface area contributed by atoms with Crippen molar-refractivity contribution in [3.05, 3.63) is 0 Å². The highest BCUT2D eigenvalue weighted by atomic mass is 32.2. The van der Waals surface area contributed by atoms with Crippen molar-refractivity contribution in [2.75, 3.05) is 27.2 Å². The van der Waals surface area contributed by atoms with Gasteiger partial charge in [-0.15, -0.1) is 0 Å². The summed E-state index contributed by atoms with van der Waals surface area (Å²) in [5.41, 5.74) is 5.42. The molecule has 1 rings (SSSR count). The first-order chi connectivity index (χ1) is 8.16. The van der Waals surface area contributed by atoms with Crippen LogP contribution in [0.2, 0.25) is 0 Å². The van der Waals surface area contributed by atoms with E-state index in [0.29, 0.717) is 13.0 Å². The van der Waals surface area contributed by atoms with E-state index in [1.165, 1.54) is 11.2 Å². The van der Waals surface area contributed by atoms with E-state index in [9.17, 15) is 13.5 Å². The lowest BCUT2D eigenvalue weighted by atomic mass is 10.2. The number of thiocarbonyl (C=S) groups is 1. The third-order valence-corrected chi connectivity index (χ3v) is 5.84. The van der Waals surface area contributed by atoms with E-state index in [2.05, 4.69) is 0 Å². The molecule has 0 aromatic heterocycles. The lowest BCUT2D eigenvalue weighted by Gasteiger charge is -2.28. The second-order valence-corrected chi connectivity index (χ2v) is 7.64. The van der Waals surface area contributed by atoms with Crippen molar-refractivity contribution >= 4 is 27.2 Å². The van der Waals surface area contributed by atoms with Crippen LogP contribution >= 0.6 is 12.2 Å². The van der Waals surface area contributed by atoms with Gasteiger partial charge in [-0.1, -0.05) is 12.2 Å². The van der Waals surface area contributed by atoms with Gasteiger partial charge in [-0.2, -0.15) is 4.31 Å². The van der Waals surface area contributed by atoms with Crippen LogP contribution in [0.4, 0.5) is 0 Å². The summed E-state index contributed by atoms with van der Waals surface area (Å²) in [6, 6.07) is -0.225. The number of likely N-dealkylation sites (N-methyl/N-ethyl adjacent to an activating group) is 1. The summed E-state index contributed by atoms with van der Waals surface area (Å²) in [6.07, 6.45) is -0.176. The van der Waals surface area contributed by atoms with Gasteiger partial charge < -0.3 is 15.7 Å². The molecule has 0 spiro atoms. The molecule has 3 unspecified atom stereocenters. The Hall–Kier alpha value is -0.280. The third kappa shape index (κ3) is 3.39. The summed E-state index contributed by atoms with van der Waals surface area (Å²) in [5, 5.41) is 8.78. The number of nitrogens with two attached hydrogens (primary N) is 1. The minimum atomic E-state index is -3.59. The Morgan fingerprint density at radius 3 is 2.61 bits per heavy atom. The zero-order valence-electron chi connectivity index (χ0n) is 10.9. The highest BCUT2D eigenvalue weighted by Gasteiger charge is 2.41. The van der Waals surface area contributed by atoms with Crippen molar-refractivity contribution < 1.29 is 13.5 Å². The fourth-order valence-corrected chi connectivity index (χ4v) is 4.12. The number of nitrogens with zero attached hydrogens (tertiary/aromatic N) is 2. The van der Waals surface area contributed by atoms with Crippen LogP contribution in [0.1, 0.15) is 13.3 Å². The number of hydrogen-bond acceptors (Lipinski definition) is 5. The van der Waals surface area contributed by atoms with Crippen LogP contribution in [-0.4, -0.2) is 72.3 Å². The molecule has 1 fully saturated rings. The average molecular weight is 295 g/mol. The van der Waals surface area contributed by atoms with Gasteiger partial charge in [0.2, 0.25) is 10.0 Å². The number of β-amino-alcohol motifs (C(OH)–C–C–N with tert-alkyl or cyclic N) is 1. The number of aliphatic hydroxyl groups excluding tert-OH is 1. The van der Waals surface area contributed by atoms with E-state index in [-0.39, 0.29) is 17.6 Å². The van der Waals surface area contributed by atoms with Gasteiger partial charge in [0.1, 0.15) is 5.25 Å². The van der Waals surface area contributed by atoms with E-state index in [0.717, 1.165) is 0 Å². The fourth-order valence-electron chi connectivity index (χ4n) is 2.11. The second-order valence-electron chi connectivity index (χ2n) is 4.96. The van der Waals surface area contributed by atoms with E-state index in [4.69, 9.17) is 18.0 Å². The molecule has 3 atom stereocenters. The molecule has 1 saturated heterocycles. The zero-order valence-corrected chi connectivity index (χ0v) is 12.5. The highest BCUT2D eigenvalue weighted by Crippen LogP contribution is 2.24. The molecule has 8 heteroatoms. The number of sulfonamides is 1. The highest BCUT2D eigenvalue weighted by molar-refractivity contribution is 7.92. The van der Waals surface area contributed by atoms with Gasteiger partial charge in [-0.3, -0.25) is 0 Å². The van der Waals surface area contributed by atoms with Crippen molar-refractivity contribution in [1.82, 2.24) is 9.21 Å². The SMILES string of the molecule is CC(C(N)=S)S(=O)(=O)N1CC(O)CC1CN(C)C. The topological polar surface area (TPSA) is 86.9 Å². The molecule has 0 amide bonds. The summed E-state index contributed by atoms with van der Waals surface area (Å²) in [6.45, 7) is 2.17. The molecular weight excluding hydrogens is 274 g/mol. The van der Waals surface area contributed by atoms with Gasteiger partial charge in [-0.25, -0.2) is 8.42 Å². The van der Waals surface area contributed by atoms with E-state index < -0.39 is 21.4 Å². The van der Waals surface area contributed by atoms with Crippen LogP contribution in [0.15, 0.2) is 0 Å². The van der Waals surface area contributed by atoms with Crippen LogP contribution in [0.3, 0.4) is 0 Å².